The first kappa shape index (κ1) is 19.7. The molecule has 0 bridgehead atoms. The standard InChI is InChI=1S/C18H22N2O5S/c1-12(13-5-7-17(8-6-13)26(19,22)23)20(2)18(21)14-9-15(24-3)11-16(10-14)25-4/h5-12H,1-4H3,(H2,19,22,23). The molecule has 0 aromatic heterocycles. The number of carbonyl (C=O) groups excluding carboxylic acids is 1. The summed E-state index contributed by atoms with van der Waals surface area (Å²) in [7, 11) is 0.957. The lowest BCUT2D eigenvalue weighted by molar-refractivity contribution is 0.0742. The van der Waals surface area contributed by atoms with Gasteiger partial charge in [0.2, 0.25) is 10.0 Å². The number of methoxy groups -OCH3 is 2. The maximum absolute atomic E-state index is 12.8. The van der Waals surface area contributed by atoms with Gasteiger partial charge in [-0.15, -0.1) is 0 Å². The number of benzene rings is 2. The van der Waals surface area contributed by atoms with E-state index in [0.717, 1.165) is 5.56 Å². The monoisotopic (exact) mass is 378 g/mol. The third-order valence-corrected chi connectivity index (χ3v) is 5.12. The maximum Gasteiger partial charge on any atom is 0.254 e. The van der Waals surface area contributed by atoms with Crippen LogP contribution >= 0.6 is 0 Å². The van der Waals surface area contributed by atoms with Crippen LogP contribution in [0.25, 0.3) is 0 Å². The third-order valence-electron chi connectivity index (χ3n) is 4.19. The van der Waals surface area contributed by atoms with Crippen LogP contribution < -0.4 is 14.6 Å². The molecule has 0 saturated carbocycles. The minimum Gasteiger partial charge on any atom is -0.497 e. The molecule has 2 aromatic rings. The molecular weight excluding hydrogens is 356 g/mol. The third kappa shape index (κ3) is 4.33. The fraction of sp³-hybridized carbons (Fsp3) is 0.278. The second-order valence-corrected chi connectivity index (χ2v) is 7.37. The lowest BCUT2D eigenvalue weighted by Gasteiger charge is -2.26. The summed E-state index contributed by atoms with van der Waals surface area (Å²) < 4.78 is 33.1. The van der Waals surface area contributed by atoms with E-state index in [4.69, 9.17) is 14.6 Å². The summed E-state index contributed by atoms with van der Waals surface area (Å²) in [6.45, 7) is 1.85. The molecule has 0 aliphatic rings. The van der Waals surface area contributed by atoms with Crippen LogP contribution in [0.5, 0.6) is 11.5 Å². The highest BCUT2D eigenvalue weighted by atomic mass is 32.2. The van der Waals surface area contributed by atoms with Crippen molar-refractivity contribution in [2.24, 2.45) is 5.14 Å². The Labute approximate surface area is 153 Å². The molecule has 0 fully saturated rings. The molecule has 1 amide bonds. The Morgan fingerprint density at radius 2 is 1.54 bits per heavy atom. The molecule has 7 nitrogen and oxygen atoms in total. The number of hydrogen-bond donors (Lipinski definition) is 1. The zero-order valence-corrected chi connectivity index (χ0v) is 15.9. The van der Waals surface area contributed by atoms with Crippen LogP contribution in [0.15, 0.2) is 47.4 Å². The Kier molecular flexibility index (Phi) is 5.89. The highest BCUT2D eigenvalue weighted by Gasteiger charge is 2.21. The van der Waals surface area contributed by atoms with Gasteiger partial charge in [-0.25, -0.2) is 13.6 Å². The summed E-state index contributed by atoms with van der Waals surface area (Å²) in [4.78, 5) is 14.4. The van der Waals surface area contributed by atoms with Crippen LogP contribution in [0.2, 0.25) is 0 Å². The Morgan fingerprint density at radius 1 is 1.04 bits per heavy atom. The molecule has 0 aliphatic heterocycles. The first-order valence-corrected chi connectivity index (χ1v) is 9.35. The SMILES string of the molecule is COc1cc(OC)cc(C(=O)N(C)C(C)c2ccc(S(N)(=O)=O)cc2)c1. The quantitative estimate of drug-likeness (QED) is 0.831. The van der Waals surface area contributed by atoms with Gasteiger partial charge in [-0.1, -0.05) is 12.1 Å². The summed E-state index contributed by atoms with van der Waals surface area (Å²) in [6.07, 6.45) is 0. The normalized spacial score (nSPS) is 12.3. The predicted molar refractivity (Wildman–Crippen MR) is 97.9 cm³/mol. The Balaban J connectivity index is 2.27. The molecule has 1 atom stereocenters. The number of carbonyl (C=O) groups is 1. The van der Waals surface area contributed by atoms with E-state index in [-0.39, 0.29) is 16.8 Å². The van der Waals surface area contributed by atoms with Gasteiger partial charge in [-0.2, -0.15) is 0 Å². The average Bonchev–Trinajstić information content (AvgIpc) is 2.65. The van der Waals surface area contributed by atoms with Crippen LogP contribution in [0.4, 0.5) is 0 Å². The van der Waals surface area contributed by atoms with Crippen LogP contribution in [0.1, 0.15) is 28.9 Å². The van der Waals surface area contributed by atoms with Gasteiger partial charge in [0, 0.05) is 18.7 Å². The fourth-order valence-corrected chi connectivity index (χ4v) is 2.99. The van der Waals surface area contributed by atoms with E-state index >= 15 is 0 Å². The number of nitrogens with zero attached hydrogens (tertiary/aromatic N) is 1. The van der Waals surface area contributed by atoms with Gasteiger partial charge in [0.25, 0.3) is 5.91 Å². The average molecular weight is 378 g/mol. The van der Waals surface area contributed by atoms with Gasteiger partial charge in [-0.3, -0.25) is 4.79 Å². The first-order valence-electron chi connectivity index (χ1n) is 7.80. The zero-order valence-electron chi connectivity index (χ0n) is 15.1. The van der Waals surface area contributed by atoms with E-state index in [1.807, 2.05) is 6.92 Å². The van der Waals surface area contributed by atoms with Crippen molar-refractivity contribution >= 4 is 15.9 Å². The summed E-state index contributed by atoms with van der Waals surface area (Å²) >= 11 is 0. The zero-order chi connectivity index (χ0) is 19.5. The minimum absolute atomic E-state index is 0.0277. The molecule has 0 radical (unpaired) electrons. The van der Waals surface area contributed by atoms with Crippen LogP contribution in [0, 0.1) is 0 Å². The van der Waals surface area contributed by atoms with Crippen molar-refractivity contribution in [3.8, 4) is 11.5 Å². The predicted octanol–water partition coefficient (Wildman–Crippen LogP) is 2.18. The van der Waals surface area contributed by atoms with E-state index in [0.29, 0.717) is 17.1 Å². The van der Waals surface area contributed by atoms with Crippen LogP contribution in [-0.4, -0.2) is 40.5 Å². The summed E-state index contributed by atoms with van der Waals surface area (Å²) in [5.74, 6) is 0.822. The lowest BCUT2D eigenvalue weighted by Crippen LogP contribution is -2.29. The topological polar surface area (TPSA) is 98.9 Å². The second kappa shape index (κ2) is 7.76. The van der Waals surface area contributed by atoms with Crippen molar-refractivity contribution in [3.63, 3.8) is 0 Å². The van der Waals surface area contributed by atoms with E-state index in [1.54, 1.807) is 42.3 Å². The van der Waals surface area contributed by atoms with Crippen molar-refractivity contribution in [2.75, 3.05) is 21.3 Å². The van der Waals surface area contributed by atoms with Crippen LogP contribution in [0.3, 0.4) is 0 Å². The number of hydrogen-bond acceptors (Lipinski definition) is 5. The lowest BCUT2D eigenvalue weighted by atomic mass is 10.1. The molecule has 0 saturated heterocycles. The summed E-state index contributed by atoms with van der Waals surface area (Å²) in [5.41, 5.74) is 1.21. The Morgan fingerprint density at radius 3 is 1.96 bits per heavy atom. The van der Waals surface area contributed by atoms with Gasteiger partial charge in [0.15, 0.2) is 0 Å². The molecule has 140 valence electrons. The molecule has 0 heterocycles. The number of primary sulfonamides is 1. The van der Waals surface area contributed by atoms with Crippen molar-refractivity contribution in [3.05, 3.63) is 53.6 Å². The Bertz CT molecular complexity index is 872. The minimum atomic E-state index is -3.75. The molecule has 2 N–H and O–H groups in total. The van der Waals surface area contributed by atoms with Crippen molar-refractivity contribution in [1.29, 1.82) is 0 Å². The second-order valence-electron chi connectivity index (χ2n) is 5.81. The largest absolute Gasteiger partial charge is 0.497 e. The number of ether oxygens (including phenoxy) is 2. The first-order chi connectivity index (χ1) is 12.2. The molecule has 2 rings (SSSR count). The smallest absolute Gasteiger partial charge is 0.254 e. The number of nitrogens with two attached hydrogens (primary N) is 1. The van der Waals surface area contributed by atoms with Gasteiger partial charge in [0.1, 0.15) is 11.5 Å². The highest BCUT2D eigenvalue weighted by Crippen LogP contribution is 2.26. The number of sulfonamides is 1. The molecule has 26 heavy (non-hydrogen) atoms. The summed E-state index contributed by atoms with van der Waals surface area (Å²) in [6, 6.07) is 10.8. The number of rotatable bonds is 6. The molecular formula is C18H22N2O5S. The van der Waals surface area contributed by atoms with E-state index in [2.05, 4.69) is 0 Å². The fourth-order valence-electron chi connectivity index (χ4n) is 2.47. The maximum atomic E-state index is 12.8. The van der Waals surface area contributed by atoms with Gasteiger partial charge in [0.05, 0.1) is 25.2 Å². The molecule has 0 spiro atoms. The Hall–Kier alpha value is -2.58. The van der Waals surface area contributed by atoms with Gasteiger partial charge >= 0.3 is 0 Å². The highest BCUT2D eigenvalue weighted by molar-refractivity contribution is 7.89. The van der Waals surface area contributed by atoms with Gasteiger partial charge < -0.3 is 14.4 Å². The van der Waals surface area contributed by atoms with Crippen molar-refractivity contribution < 1.29 is 22.7 Å². The number of amides is 1. The van der Waals surface area contributed by atoms with E-state index < -0.39 is 10.0 Å². The summed E-state index contributed by atoms with van der Waals surface area (Å²) in [5, 5.41) is 5.11. The van der Waals surface area contributed by atoms with E-state index in [1.165, 1.54) is 26.4 Å². The molecule has 0 aliphatic carbocycles. The molecule has 2 aromatic carbocycles. The van der Waals surface area contributed by atoms with Crippen molar-refractivity contribution in [2.45, 2.75) is 17.9 Å². The van der Waals surface area contributed by atoms with Crippen LogP contribution in [-0.2, 0) is 10.0 Å². The molecule has 8 heteroatoms. The van der Waals surface area contributed by atoms with Gasteiger partial charge in [-0.05, 0) is 36.8 Å². The molecule has 1 unspecified atom stereocenters. The van der Waals surface area contributed by atoms with E-state index in [9.17, 15) is 13.2 Å². The van der Waals surface area contributed by atoms with Crippen molar-refractivity contribution in [1.82, 2.24) is 4.90 Å².